The minimum atomic E-state index is 0.582. The van der Waals surface area contributed by atoms with Gasteiger partial charge in [0.05, 0.1) is 0 Å². The lowest BCUT2D eigenvalue weighted by atomic mass is 10.2. The van der Waals surface area contributed by atoms with Crippen LogP contribution in [-0.2, 0) is 17.9 Å². The molecule has 0 aliphatic heterocycles. The number of furan rings is 1. The van der Waals surface area contributed by atoms with Crippen molar-refractivity contribution in [1.82, 2.24) is 5.32 Å². The molecule has 80 valence electrons. The van der Waals surface area contributed by atoms with Gasteiger partial charge in [0.2, 0.25) is 0 Å². The fourth-order valence-corrected chi connectivity index (χ4v) is 1.34. The maximum absolute atomic E-state index is 5.55. The summed E-state index contributed by atoms with van der Waals surface area (Å²) < 4.78 is 10.9. The number of hydrogen-bond donors (Lipinski definition) is 1. The smallest absolute Gasteiger partial charge is 0.130 e. The summed E-state index contributed by atoms with van der Waals surface area (Å²) in [6.07, 6.45) is 1.04. The van der Waals surface area contributed by atoms with E-state index in [2.05, 4.69) is 18.3 Å². The predicted molar refractivity (Wildman–Crippen MR) is 56.2 cm³/mol. The molecule has 0 radical (unpaired) electrons. The van der Waals surface area contributed by atoms with Crippen LogP contribution in [0.2, 0.25) is 0 Å². The Labute approximate surface area is 85.4 Å². The van der Waals surface area contributed by atoms with Crippen molar-refractivity contribution in [2.75, 3.05) is 13.7 Å². The Balaban J connectivity index is 2.48. The summed E-state index contributed by atoms with van der Waals surface area (Å²) in [5.74, 6) is 1.90. The first-order valence-electron chi connectivity index (χ1n) is 5.08. The number of aryl methyl sites for hydroxylation is 1. The largest absolute Gasteiger partial charge is 0.464 e. The topological polar surface area (TPSA) is 34.4 Å². The van der Waals surface area contributed by atoms with Gasteiger partial charge in [-0.25, -0.2) is 0 Å². The second-order valence-corrected chi connectivity index (χ2v) is 3.38. The second kappa shape index (κ2) is 5.83. The Morgan fingerprint density at radius 3 is 2.93 bits per heavy atom. The molecule has 1 aromatic rings. The van der Waals surface area contributed by atoms with Crippen LogP contribution < -0.4 is 5.32 Å². The molecule has 0 aliphatic carbocycles. The van der Waals surface area contributed by atoms with Gasteiger partial charge in [-0.1, -0.05) is 6.92 Å². The van der Waals surface area contributed by atoms with E-state index in [9.17, 15) is 0 Å². The van der Waals surface area contributed by atoms with Crippen LogP contribution in [0.5, 0.6) is 0 Å². The molecule has 0 spiro atoms. The van der Waals surface area contributed by atoms with Gasteiger partial charge in [-0.3, -0.25) is 0 Å². The first-order chi connectivity index (χ1) is 6.77. The molecule has 0 saturated carbocycles. The molecule has 0 aromatic carbocycles. The molecule has 0 saturated heterocycles. The van der Waals surface area contributed by atoms with Gasteiger partial charge < -0.3 is 14.5 Å². The monoisotopic (exact) mass is 197 g/mol. The highest BCUT2D eigenvalue weighted by Crippen LogP contribution is 2.15. The number of hydrogen-bond acceptors (Lipinski definition) is 3. The maximum atomic E-state index is 5.55. The SMILES string of the molecule is CCCOCc1cc(CNC)c(C)o1. The third-order valence-electron chi connectivity index (χ3n) is 2.03. The molecule has 0 atom stereocenters. The average Bonchev–Trinajstić information content (AvgIpc) is 2.49. The van der Waals surface area contributed by atoms with Crippen molar-refractivity contribution in [3.63, 3.8) is 0 Å². The zero-order valence-electron chi connectivity index (χ0n) is 9.22. The number of nitrogens with one attached hydrogen (secondary N) is 1. The summed E-state index contributed by atoms with van der Waals surface area (Å²) >= 11 is 0. The van der Waals surface area contributed by atoms with E-state index >= 15 is 0 Å². The molecule has 1 rings (SSSR count). The summed E-state index contributed by atoms with van der Waals surface area (Å²) in [5.41, 5.74) is 1.21. The van der Waals surface area contributed by atoms with Crippen LogP contribution in [0.4, 0.5) is 0 Å². The summed E-state index contributed by atoms with van der Waals surface area (Å²) in [6, 6.07) is 2.06. The minimum Gasteiger partial charge on any atom is -0.464 e. The fourth-order valence-electron chi connectivity index (χ4n) is 1.34. The zero-order chi connectivity index (χ0) is 10.4. The predicted octanol–water partition coefficient (Wildman–Crippen LogP) is 2.23. The van der Waals surface area contributed by atoms with Crippen LogP contribution >= 0.6 is 0 Å². The molecular weight excluding hydrogens is 178 g/mol. The lowest BCUT2D eigenvalue weighted by Gasteiger charge is -1.97. The van der Waals surface area contributed by atoms with E-state index in [1.165, 1.54) is 5.56 Å². The van der Waals surface area contributed by atoms with Gasteiger partial charge in [0, 0.05) is 18.7 Å². The average molecular weight is 197 g/mol. The molecule has 1 aromatic heterocycles. The highest BCUT2D eigenvalue weighted by atomic mass is 16.5. The van der Waals surface area contributed by atoms with Crippen molar-refractivity contribution in [3.8, 4) is 0 Å². The zero-order valence-corrected chi connectivity index (χ0v) is 9.22. The van der Waals surface area contributed by atoms with E-state index in [0.29, 0.717) is 6.61 Å². The third kappa shape index (κ3) is 3.16. The van der Waals surface area contributed by atoms with Crippen LogP contribution in [-0.4, -0.2) is 13.7 Å². The lowest BCUT2D eigenvalue weighted by molar-refractivity contribution is 0.106. The summed E-state index contributed by atoms with van der Waals surface area (Å²) in [6.45, 7) is 6.30. The van der Waals surface area contributed by atoms with Crippen LogP contribution in [0.15, 0.2) is 10.5 Å². The fraction of sp³-hybridized carbons (Fsp3) is 0.636. The van der Waals surface area contributed by atoms with Gasteiger partial charge in [0.15, 0.2) is 0 Å². The van der Waals surface area contributed by atoms with Crippen molar-refractivity contribution < 1.29 is 9.15 Å². The van der Waals surface area contributed by atoms with Crippen LogP contribution in [0.1, 0.15) is 30.4 Å². The molecule has 14 heavy (non-hydrogen) atoms. The normalized spacial score (nSPS) is 10.8. The van der Waals surface area contributed by atoms with E-state index in [1.807, 2.05) is 14.0 Å². The Kier molecular flexibility index (Phi) is 4.70. The van der Waals surface area contributed by atoms with Gasteiger partial charge in [-0.2, -0.15) is 0 Å². The lowest BCUT2D eigenvalue weighted by Crippen LogP contribution is -2.04. The van der Waals surface area contributed by atoms with E-state index in [-0.39, 0.29) is 0 Å². The standard InChI is InChI=1S/C11H19NO2/c1-4-5-13-8-11-6-10(7-12-3)9(2)14-11/h6,12H,4-5,7-8H2,1-3H3. The van der Waals surface area contributed by atoms with E-state index in [0.717, 1.165) is 31.1 Å². The van der Waals surface area contributed by atoms with E-state index in [1.54, 1.807) is 0 Å². The highest BCUT2D eigenvalue weighted by Gasteiger charge is 2.05. The number of ether oxygens (including phenoxy) is 1. The van der Waals surface area contributed by atoms with Crippen molar-refractivity contribution >= 4 is 0 Å². The van der Waals surface area contributed by atoms with Crippen LogP contribution in [0.25, 0.3) is 0 Å². The van der Waals surface area contributed by atoms with E-state index < -0.39 is 0 Å². The van der Waals surface area contributed by atoms with Gasteiger partial charge in [-0.15, -0.1) is 0 Å². The Morgan fingerprint density at radius 2 is 2.29 bits per heavy atom. The molecule has 1 heterocycles. The maximum Gasteiger partial charge on any atom is 0.130 e. The molecule has 0 bridgehead atoms. The quantitative estimate of drug-likeness (QED) is 0.710. The van der Waals surface area contributed by atoms with Crippen LogP contribution in [0, 0.1) is 6.92 Å². The number of rotatable bonds is 6. The van der Waals surface area contributed by atoms with Crippen molar-refractivity contribution in [2.45, 2.75) is 33.4 Å². The summed E-state index contributed by atoms with van der Waals surface area (Å²) in [7, 11) is 1.93. The molecule has 0 unspecified atom stereocenters. The highest BCUT2D eigenvalue weighted by molar-refractivity contribution is 5.20. The summed E-state index contributed by atoms with van der Waals surface area (Å²) in [5, 5.41) is 3.10. The van der Waals surface area contributed by atoms with Crippen LogP contribution in [0.3, 0.4) is 0 Å². The molecule has 1 N–H and O–H groups in total. The van der Waals surface area contributed by atoms with Gasteiger partial charge >= 0.3 is 0 Å². The minimum absolute atomic E-state index is 0.582. The first kappa shape index (κ1) is 11.3. The Morgan fingerprint density at radius 1 is 1.50 bits per heavy atom. The van der Waals surface area contributed by atoms with Gasteiger partial charge in [0.1, 0.15) is 18.1 Å². The Hall–Kier alpha value is -0.800. The second-order valence-electron chi connectivity index (χ2n) is 3.38. The summed E-state index contributed by atoms with van der Waals surface area (Å²) in [4.78, 5) is 0. The molecule has 3 heteroatoms. The molecule has 3 nitrogen and oxygen atoms in total. The van der Waals surface area contributed by atoms with Gasteiger partial charge in [-0.05, 0) is 26.5 Å². The third-order valence-corrected chi connectivity index (χ3v) is 2.03. The first-order valence-corrected chi connectivity index (χ1v) is 5.08. The molecule has 0 amide bonds. The van der Waals surface area contributed by atoms with Crippen molar-refractivity contribution in [1.29, 1.82) is 0 Å². The Bertz CT molecular complexity index is 268. The molecular formula is C11H19NO2. The molecule has 0 aliphatic rings. The van der Waals surface area contributed by atoms with E-state index in [4.69, 9.17) is 9.15 Å². The van der Waals surface area contributed by atoms with Gasteiger partial charge in [0.25, 0.3) is 0 Å². The molecule has 0 fully saturated rings. The van der Waals surface area contributed by atoms with Crippen molar-refractivity contribution in [2.24, 2.45) is 0 Å². The van der Waals surface area contributed by atoms with Crippen molar-refractivity contribution in [3.05, 3.63) is 23.2 Å².